The van der Waals surface area contributed by atoms with Crippen LogP contribution in [0.25, 0.3) is 5.65 Å². The van der Waals surface area contributed by atoms with Crippen molar-refractivity contribution in [1.82, 2.24) is 9.38 Å². The van der Waals surface area contributed by atoms with Crippen molar-refractivity contribution in [2.24, 2.45) is 0 Å². The monoisotopic (exact) mass is 330 g/mol. The Morgan fingerprint density at radius 1 is 1.50 bits per heavy atom. The molecule has 1 N–H and O–H groups in total. The van der Waals surface area contributed by atoms with Crippen LogP contribution in [0.3, 0.4) is 0 Å². The lowest BCUT2D eigenvalue weighted by Gasteiger charge is -2.41. The van der Waals surface area contributed by atoms with Gasteiger partial charge in [0.25, 0.3) is 0 Å². The van der Waals surface area contributed by atoms with Gasteiger partial charge in [-0.1, -0.05) is 6.92 Å². The van der Waals surface area contributed by atoms with Crippen LogP contribution < -0.4 is 4.74 Å². The average Bonchev–Trinajstić information content (AvgIpc) is 3.16. The average molecular weight is 330 g/mol. The Morgan fingerprint density at radius 3 is 2.83 bits per heavy atom. The van der Waals surface area contributed by atoms with E-state index in [1.165, 1.54) is 0 Å². The van der Waals surface area contributed by atoms with E-state index < -0.39 is 5.97 Å². The summed E-state index contributed by atoms with van der Waals surface area (Å²) in [7, 11) is 0. The highest BCUT2D eigenvalue weighted by atomic mass is 16.5. The van der Waals surface area contributed by atoms with Gasteiger partial charge in [-0.2, -0.15) is 0 Å². The number of hydrogen-bond acceptors (Lipinski definition) is 4. The number of ether oxygens (including phenoxy) is 2. The number of carboxylic acids is 1. The highest BCUT2D eigenvalue weighted by Crippen LogP contribution is 2.58. The molecule has 2 saturated heterocycles. The number of aromatic nitrogens is 2. The third-order valence-electron chi connectivity index (χ3n) is 5.35. The van der Waals surface area contributed by atoms with E-state index in [9.17, 15) is 9.90 Å². The number of nitrogens with zero attached hydrogens (tertiary/aromatic N) is 2. The van der Waals surface area contributed by atoms with Gasteiger partial charge < -0.3 is 19.0 Å². The number of hydrogen-bond donors (Lipinski definition) is 1. The second-order valence-electron chi connectivity index (χ2n) is 7.46. The molecule has 1 atom stereocenters. The van der Waals surface area contributed by atoms with Gasteiger partial charge in [0.2, 0.25) is 0 Å². The first-order chi connectivity index (χ1) is 11.3. The molecule has 6 nitrogen and oxygen atoms in total. The Labute approximate surface area is 140 Å². The van der Waals surface area contributed by atoms with E-state index in [0.29, 0.717) is 18.0 Å². The van der Waals surface area contributed by atoms with E-state index in [1.807, 2.05) is 20.0 Å². The number of carbonyl (C=O) groups is 1. The summed E-state index contributed by atoms with van der Waals surface area (Å²) in [6.07, 6.45) is 6.24. The standard InChI is InChI=1S/C18H22N2O4/c1-4-11(2)24-13-5-15-19-14(7-20(15)6-12(13)16(21)22)18-8-17(3,9-18)23-10-18/h5-7,11H,4,8-10H2,1-3H3,(H,21,22)/t11-,17?,18?/m0/s1. The van der Waals surface area contributed by atoms with Crippen molar-refractivity contribution < 1.29 is 19.4 Å². The maximum absolute atomic E-state index is 11.6. The molecule has 0 spiro atoms. The predicted molar refractivity (Wildman–Crippen MR) is 87.8 cm³/mol. The first-order valence-corrected chi connectivity index (χ1v) is 8.41. The van der Waals surface area contributed by atoms with Crippen molar-refractivity contribution in [3.63, 3.8) is 0 Å². The third kappa shape index (κ3) is 2.20. The Hall–Kier alpha value is -2.08. The summed E-state index contributed by atoms with van der Waals surface area (Å²) in [5, 5.41) is 9.49. The molecule has 6 heteroatoms. The van der Waals surface area contributed by atoms with Crippen LogP contribution in [0.15, 0.2) is 18.5 Å². The zero-order chi connectivity index (χ0) is 17.1. The van der Waals surface area contributed by atoms with Crippen molar-refractivity contribution in [2.45, 2.75) is 57.2 Å². The number of carboxylic acid groups (broad SMARTS) is 1. The van der Waals surface area contributed by atoms with Gasteiger partial charge in [0.1, 0.15) is 17.0 Å². The molecule has 2 aromatic rings. The molecule has 3 fully saturated rings. The van der Waals surface area contributed by atoms with E-state index >= 15 is 0 Å². The van der Waals surface area contributed by atoms with E-state index in [-0.39, 0.29) is 22.7 Å². The smallest absolute Gasteiger partial charge is 0.341 e. The maximum Gasteiger partial charge on any atom is 0.341 e. The van der Waals surface area contributed by atoms with Crippen LogP contribution in [0.5, 0.6) is 5.75 Å². The summed E-state index contributed by atoms with van der Waals surface area (Å²) in [6, 6.07) is 1.73. The second kappa shape index (κ2) is 4.96. The van der Waals surface area contributed by atoms with Crippen molar-refractivity contribution in [3.8, 4) is 5.75 Å². The highest BCUT2D eigenvalue weighted by Gasteiger charge is 2.61. The van der Waals surface area contributed by atoms with Gasteiger partial charge in [0, 0.05) is 23.9 Å². The molecule has 0 radical (unpaired) electrons. The normalized spacial score (nSPS) is 29.5. The number of fused-ring (bicyclic) bond motifs is 2. The lowest BCUT2D eigenvalue weighted by molar-refractivity contribution is 0.0154. The predicted octanol–water partition coefficient (Wildman–Crippen LogP) is 3.03. The van der Waals surface area contributed by atoms with E-state index in [1.54, 1.807) is 16.7 Å². The lowest BCUT2D eigenvalue weighted by Crippen LogP contribution is -2.45. The lowest BCUT2D eigenvalue weighted by atomic mass is 9.62. The summed E-state index contributed by atoms with van der Waals surface area (Å²) in [5.74, 6) is -0.621. The molecule has 2 aliphatic heterocycles. The molecule has 0 amide bonds. The van der Waals surface area contributed by atoms with Gasteiger partial charge in [-0.25, -0.2) is 9.78 Å². The van der Waals surface area contributed by atoms with Crippen molar-refractivity contribution in [2.75, 3.05) is 6.61 Å². The van der Waals surface area contributed by atoms with Crippen LogP contribution in [-0.2, 0) is 10.2 Å². The van der Waals surface area contributed by atoms with Gasteiger partial charge in [-0.15, -0.1) is 0 Å². The molecule has 0 aromatic carbocycles. The minimum Gasteiger partial charge on any atom is -0.490 e. The first kappa shape index (κ1) is 15.4. The highest BCUT2D eigenvalue weighted by molar-refractivity contribution is 5.91. The minimum atomic E-state index is -0.996. The Morgan fingerprint density at radius 2 is 2.25 bits per heavy atom. The molecular formula is C18H22N2O4. The largest absolute Gasteiger partial charge is 0.490 e. The fraction of sp³-hybridized carbons (Fsp3) is 0.556. The van der Waals surface area contributed by atoms with Gasteiger partial charge in [-0.05, 0) is 33.1 Å². The van der Waals surface area contributed by atoms with Gasteiger partial charge in [0.15, 0.2) is 0 Å². The second-order valence-corrected chi connectivity index (χ2v) is 7.46. The topological polar surface area (TPSA) is 73.1 Å². The minimum absolute atomic E-state index is 0.00709. The van der Waals surface area contributed by atoms with Gasteiger partial charge in [-0.3, -0.25) is 0 Å². The van der Waals surface area contributed by atoms with E-state index in [4.69, 9.17) is 14.5 Å². The van der Waals surface area contributed by atoms with Gasteiger partial charge >= 0.3 is 5.97 Å². The van der Waals surface area contributed by atoms with Crippen molar-refractivity contribution in [3.05, 3.63) is 29.7 Å². The maximum atomic E-state index is 11.6. The molecule has 24 heavy (non-hydrogen) atoms. The summed E-state index contributed by atoms with van der Waals surface area (Å²) < 4.78 is 13.4. The van der Waals surface area contributed by atoms with Crippen LogP contribution in [0, 0.1) is 0 Å². The van der Waals surface area contributed by atoms with Crippen LogP contribution >= 0.6 is 0 Å². The van der Waals surface area contributed by atoms with Crippen molar-refractivity contribution in [1.29, 1.82) is 0 Å². The summed E-state index contributed by atoms with van der Waals surface area (Å²) in [5.41, 5.74) is 1.83. The summed E-state index contributed by atoms with van der Waals surface area (Å²) >= 11 is 0. The van der Waals surface area contributed by atoms with Crippen LogP contribution in [0.1, 0.15) is 56.1 Å². The molecule has 5 rings (SSSR count). The van der Waals surface area contributed by atoms with E-state index in [0.717, 1.165) is 25.0 Å². The number of imidazole rings is 1. The Balaban J connectivity index is 1.75. The number of pyridine rings is 1. The third-order valence-corrected chi connectivity index (χ3v) is 5.35. The van der Waals surface area contributed by atoms with Crippen LogP contribution in [0.2, 0.25) is 0 Å². The summed E-state index contributed by atoms with van der Waals surface area (Å²) in [6.45, 7) is 6.75. The fourth-order valence-electron chi connectivity index (χ4n) is 3.98. The Kier molecular flexibility index (Phi) is 3.19. The van der Waals surface area contributed by atoms with Crippen LogP contribution in [0.4, 0.5) is 0 Å². The molecule has 2 aromatic heterocycles. The quantitative estimate of drug-likeness (QED) is 0.912. The van der Waals surface area contributed by atoms with Crippen molar-refractivity contribution >= 4 is 11.6 Å². The fourth-order valence-corrected chi connectivity index (χ4v) is 3.98. The molecule has 1 aliphatic carbocycles. The molecule has 0 unspecified atom stereocenters. The molecule has 2 bridgehead atoms. The molecule has 4 heterocycles. The zero-order valence-corrected chi connectivity index (χ0v) is 14.2. The van der Waals surface area contributed by atoms with E-state index in [2.05, 4.69) is 6.92 Å². The number of aromatic carboxylic acids is 1. The molecule has 1 saturated carbocycles. The van der Waals surface area contributed by atoms with Crippen LogP contribution in [-0.4, -0.2) is 38.8 Å². The first-order valence-electron chi connectivity index (χ1n) is 8.41. The SMILES string of the molecule is CC[C@H](C)Oc1cc2nc(C34COC(C)(C3)C4)cn2cc1C(=O)O. The molecule has 3 aliphatic rings. The Bertz CT molecular complexity index is 820. The number of rotatable bonds is 5. The zero-order valence-electron chi connectivity index (χ0n) is 14.2. The van der Waals surface area contributed by atoms with Gasteiger partial charge in [0.05, 0.1) is 24.0 Å². The molecular weight excluding hydrogens is 308 g/mol. The summed E-state index contributed by atoms with van der Waals surface area (Å²) in [4.78, 5) is 16.3. The molecule has 128 valence electrons.